The summed E-state index contributed by atoms with van der Waals surface area (Å²) in [6, 6.07) is 5.16. The van der Waals surface area contributed by atoms with E-state index in [2.05, 4.69) is 5.10 Å². The first-order valence-electron chi connectivity index (χ1n) is 6.92. The van der Waals surface area contributed by atoms with Crippen LogP contribution in [0.25, 0.3) is 6.08 Å². The third-order valence-corrected chi connectivity index (χ3v) is 3.64. The van der Waals surface area contributed by atoms with Gasteiger partial charge in [-0.25, -0.2) is 0 Å². The summed E-state index contributed by atoms with van der Waals surface area (Å²) in [6.07, 6.45) is 3.33. The second-order valence-electron chi connectivity index (χ2n) is 4.97. The first-order valence-corrected chi connectivity index (χ1v) is 6.92. The van der Waals surface area contributed by atoms with Gasteiger partial charge in [0.25, 0.3) is 0 Å². The second-order valence-corrected chi connectivity index (χ2v) is 4.97. The second kappa shape index (κ2) is 6.47. The van der Waals surface area contributed by atoms with Crippen LogP contribution in [0.3, 0.4) is 0 Å². The Morgan fingerprint density at radius 1 is 1.23 bits per heavy atom. The summed E-state index contributed by atoms with van der Waals surface area (Å²) in [5, 5.41) is 4.33. The zero-order valence-corrected chi connectivity index (χ0v) is 13.5. The van der Waals surface area contributed by atoms with Gasteiger partial charge in [-0.1, -0.05) is 0 Å². The molecule has 0 atom stereocenters. The van der Waals surface area contributed by atoms with E-state index in [-0.39, 0.29) is 5.78 Å². The highest BCUT2D eigenvalue weighted by Crippen LogP contribution is 2.25. The van der Waals surface area contributed by atoms with Crippen LogP contribution in [0.2, 0.25) is 0 Å². The molecule has 0 aliphatic heterocycles. The molecule has 2 rings (SSSR count). The fourth-order valence-corrected chi connectivity index (χ4v) is 2.29. The number of nitrogens with zero attached hydrogens (tertiary/aromatic N) is 2. The van der Waals surface area contributed by atoms with Gasteiger partial charge in [0.15, 0.2) is 5.78 Å². The minimum Gasteiger partial charge on any atom is -0.497 e. The van der Waals surface area contributed by atoms with E-state index in [9.17, 15) is 4.79 Å². The number of hydrogen-bond donors (Lipinski definition) is 0. The fourth-order valence-electron chi connectivity index (χ4n) is 2.29. The summed E-state index contributed by atoms with van der Waals surface area (Å²) >= 11 is 0. The van der Waals surface area contributed by atoms with Crippen molar-refractivity contribution in [3.05, 3.63) is 46.8 Å². The highest BCUT2D eigenvalue weighted by molar-refractivity contribution is 6.09. The summed E-state index contributed by atoms with van der Waals surface area (Å²) in [4.78, 5) is 12.4. The van der Waals surface area contributed by atoms with E-state index >= 15 is 0 Å². The van der Waals surface area contributed by atoms with Crippen LogP contribution in [-0.2, 0) is 7.05 Å². The van der Waals surface area contributed by atoms with Gasteiger partial charge in [-0.05, 0) is 44.2 Å². The summed E-state index contributed by atoms with van der Waals surface area (Å²) in [6.45, 7) is 3.89. The molecule has 0 bridgehead atoms. The van der Waals surface area contributed by atoms with E-state index < -0.39 is 0 Å². The summed E-state index contributed by atoms with van der Waals surface area (Å²) in [7, 11) is 4.98. The first kappa shape index (κ1) is 15.8. The molecule has 1 heterocycles. The number of aryl methyl sites for hydroxylation is 2. The molecule has 0 saturated carbocycles. The molecule has 0 radical (unpaired) electrons. The highest BCUT2D eigenvalue weighted by Gasteiger charge is 2.12. The van der Waals surface area contributed by atoms with Crippen LogP contribution in [0.4, 0.5) is 0 Å². The molecular weight excluding hydrogens is 280 g/mol. The normalized spacial score (nSPS) is 11.0. The Balaban J connectivity index is 2.34. The number of ketones is 1. The number of carbonyl (C=O) groups excluding carboxylic acids is 1. The zero-order chi connectivity index (χ0) is 16.3. The van der Waals surface area contributed by atoms with Gasteiger partial charge in [0.05, 0.1) is 25.5 Å². The Bertz CT molecular complexity index is 730. The fraction of sp³-hybridized carbons (Fsp3) is 0.294. The largest absolute Gasteiger partial charge is 0.497 e. The van der Waals surface area contributed by atoms with Gasteiger partial charge < -0.3 is 9.47 Å². The smallest absolute Gasteiger partial charge is 0.189 e. The maximum absolute atomic E-state index is 12.4. The maximum Gasteiger partial charge on any atom is 0.189 e. The molecule has 0 N–H and O–H groups in total. The van der Waals surface area contributed by atoms with E-state index in [0.29, 0.717) is 17.1 Å². The Labute approximate surface area is 130 Å². The summed E-state index contributed by atoms with van der Waals surface area (Å²) in [5.41, 5.74) is 3.33. The highest BCUT2D eigenvalue weighted by atomic mass is 16.5. The number of methoxy groups -OCH3 is 2. The van der Waals surface area contributed by atoms with Crippen molar-refractivity contribution in [1.29, 1.82) is 0 Å². The van der Waals surface area contributed by atoms with E-state index in [1.807, 2.05) is 20.9 Å². The van der Waals surface area contributed by atoms with Gasteiger partial charge in [-0.15, -0.1) is 0 Å². The third kappa shape index (κ3) is 3.03. The summed E-state index contributed by atoms with van der Waals surface area (Å²) < 4.78 is 12.2. The Kier molecular flexibility index (Phi) is 4.65. The summed E-state index contributed by atoms with van der Waals surface area (Å²) in [5.74, 6) is 1.000. The first-order chi connectivity index (χ1) is 10.5. The van der Waals surface area contributed by atoms with Gasteiger partial charge in [0.1, 0.15) is 11.5 Å². The van der Waals surface area contributed by atoms with Crippen LogP contribution in [0.15, 0.2) is 24.3 Å². The van der Waals surface area contributed by atoms with Crippen LogP contribution in [0.1, 0.15) is 27.3 Å². The van der Waals surface area contributed by atoms with Gasteiger partial charge in [-0.3, -0.25) is 9.48 Å². The molecule has 0 unspecified atom stereocenters. The van der Waals surface area contributed by atoms with Crippen LogP contribution >= 0.6 is 0 Å². The van der Waals surface area contributed by atoms with Crippen molar-refractivity contribution >= 4 is 11.9 Å². The number of benzene rings is 1. The van der Waals surface area contributed by atoms with Crippen molar-refractivity contribution in [2.45, 2.75) is 13.8 Å². The minimum atomic E-state index is -0.140. The molecule has 0 saturated heterocycles. The molecule has 1 aromatic heterocycles. The van der Waals surface area contributed by atoms with Crippen molar-refractivity contribution < 1.29 is 14.3 Å². The van der Waals surface area contributed by atoms with Gasteiger partial charge in [0.2, 0.25) is 0 Å². The molecule has 1 aromatic carbocycles. The predicted molar refractivity (Wildman–Crippen MR) is 85.6 cm³/mol. The van der Waals surface area contributed by atoms with E-state index in [0.717, 1.165) is 17.0 Å². The molecule has 22 heavy (non-hydrogen) atoms. The maximum atomic E-state index is 12.4. The van der Waals surface area contributed by atoms with Crippen molar-refractivity contribution in [2.24, 2.45) is 7.05 Å². The lowest BCUT2D eigenvalue weighted by molar-refractivity contribution is 0.104. The molecule has 5 nitrogen and oxygen atoms in total. The Morgan fingerprint density at radius 2 is 1.95 bits per heavy atom. The van der Waals surface area contributed by atoms with Crippen molar-refractivity contribution in [1.82, 2.24) is 9.78 Å². The number of carbonyl (C=O) groups is 1. The molecule has 5 heteroatoms. The lowest BCUT2D eigenvalue weighted by atomic mass is 10.1. The average molecular weight is 300 g/mol. The standard InChI is InChI=1S/C17H20N2O3/c1-11-14(12(2)19(3)18-11)7-8-16(20)15-10-13(21-4)6-9-17(15)22-5/h6-10H,1-5H3. The Morgan fingerprint density at radius 3 is 2.50 bits per heavy atom. The zero-order valence-electron chi connectivity index (χ0n) is 13.5. The topological polar surface area (TPSA) is 53.4 Å². The monoisotopic (exact) mass is 300 g/mol. The number of ether oxygens (including phenoxy) is 2. The molecule has 116 valence electrons. The van der Waals surface area contributed by atoms with E-state index in [1.165, 1.54) is 13.2 Å². The van der Waals surface area contributed by atoms with E-state index in [4.69, 9.17) is 9.47 Å². The quantitative estimate of drug-likeness (QED) is 0.629. The van der Waals surface area contributed by atoms with Crippen LogP contribution in [0.5, 0.6) is 11.5 Å². The van der Waals surface area contributed by atoms with E-state index in [1.54, 1.807) is 36.1 Å². The Hall–Kier alpha value is -2.56. The SMILES string of the molecule is COc1ccc(OC)c(C(=O)C=Cc2c(C)nn(C)c2C)c1. The minimum absolute atomic E-state index is 0.140. The average Bonchev–Trinajstić information content (AvgIpc) is 2.77. The van der Waals surface area contributed by atoms with Crippen molar-refractivity contribution in [3.63, 3.8) is 0 Å². The van der Waals surface area contributed by atoms with Crippen LogP contribution in [-0.4, -0.2) is 29.8 Å². The molecular formula is C17H20N2O3. The molecule has 0 spiro atoms. The number of hydrogen-bond acceptors (Lipinski definition) is 4. The van der Waals surface area contributed by atoms with Crippen LogP contribution < -0.4 is 9.47 Å². The molecule has 0 amide bonds. The van der Waals surface area contributed by atoms with Gasteiger partial charge >= 0.3 is 0 Å². The van der Waals surface area contributed by atoms with Crippen molar-refractivity contribution in [2.75, 3.05) is 14.2 Å². The lowest BCUT2D eigenvalue weighted by Gasteiger charge is -2.07. The molecule has 0 fully saturated rings. The van der Waals surface area contributed by atoms with Crippen LogP contribution in [0, 0.1) is 13.8 Å². The lowest BCUT2D eigenvalue weighted by Crippen LogP contribution is -2.00. The predicted octanol–water partition coefficient (Wildman–Crippen LogP) is 2.95. The van der Waals surface area contributed by atoms with Crippen molar-refractivity contribution in [3.8, 4) is 11.5 Å². The number of allylic oxidation sites excluding steroid dienone is 1. The van der Waals surface area contributed by atoms with Gasteiger partial charge in [-0.2, -0.15) is 5.10 Å². The molecule has 0 aliphatic carbocycles. The molecule has 0 aliphatic rings. The third-order valence-electron chi connectivity index (χ3n) is 3.64. The molecule has 2 aromatic rings. The van der Waals surface area contributed by atoms with Gasteiger partial charge in [0, 0.05) is 18.3 Å². The number of rotatable bonds is 5. The number of aromatic nitrogens is 2.